The molecule has 0 saturated carbocycles. The highest BCUT2D eigenvalue weighted by molar-refractivity contribution is 5.06. The summed E-state index contributed by atoms with van der Waals surface area (Å²) in [4.78, 5) is 2.37. The van der Waals surface area contributed by atoms with Gasteiger partial charge in [0.1, 0.15) is 18.1 Å². The first kappa shape index (κ1) is 13.3. The van der Waals surface area contributed by atoms with E-state index in [0.29, 0.717) is 12.6 Å². The van der Waals surface area contributed by atoms with Crippen LogP contribution in [0, 0.1) is 6.92 Å². The molecule has 1 aliphatic rings. The van der Waals surface area contributed by atoms with E-state index in [0.717, 1.165) is 43.5 Å². The standard InChI is InChI=1S/C14H20N4O2/c1-11-10-19-6-5-17(11)7-13-8-18(16-15-13)9-14-4-3-12(2)20-14/h3-4,8,11H,5-7,9-10H2,1-2H3/t11-/m1/s1. The van der Waals surface area contributed by atoms with Gasteiger partial charge in [0.05, 0.1) is 25.1 Å². The number of hydrogen-bond acceptors (Lipinski definition) is 5. The topological polar surface area (TPSA) is 56.3 Å². The quantitative estimate of drug-likeness (QED) is 0.846. The molecule has 1 saturated heterocycles. The number of aryl methyl sites for hydroxylation is 1. The first-order valence-electron chi connectivity index (χ1n) is 6.97. The van der Waals surface area contributed by atoms with Crippen molar-refractivity contribution in [3.63, 3.8) is 0 Å². The molecule has 0 N–H and O–H groups in total. The summed E-state index contributed by atoms with van der Waals surface area (Å²) in [5, 5.41) is 8.40. The van der Waals surface area contributed by atoms with E-state index in [1.54, 1.807) is 0 Å². The second-order valence-corrected chi connectivity index (χ2v) is 5.31. The highest BCUT2D eigenvalue weighted by Crippen LogP contribution is 2.11. The average Bonchev–Trinajstić information content (AvgIpc) is 3.02. The van der Waals surface area contributed by atoms with Crippen molar-refractivity contribution in [3.8, 4) is 0 Å². The van der Waals surface area contributed by atoms with Crippen molar-refractivity contribution < 1.29 is 9.15 Å². The van der Waals surface area contributed by atoms with Crippen LogP contribution in [0.2, 0.25) is 0 Å². The molecule has 1 aliphatic heterocycles. The number of ether oxygens (including phenoxy) is 1. The molecule has 6 heteroatoms. The van der Waals surface area contributed by atoms with Crippen LogP contribution in [-0.2, 0) is 17.8 Å². The number of rotatable bonds is 4. The van der Waals surface area contributed by atoms with Gasteiger partial charge >= 0.3 is 0 Å². The summed E-state index contributed by atoms with van der Waals surface area (Å²) in [6.07, 6.45) is 1.99. The zero-order valence-corrected chi connectivity index (χ0v) is 12.0. The minimum atomic E-state index is 0.432. The molecular formula is C14H20N4O2. The van der Waals surface area contributed by atoms with Gasteiger partial charge in [-0.2, -0.15) is 0 Å². The summed E-state index contributed by atoms with van der Waals surface area (Å²) in [7, 11) is 0. The molecule has 0 aliphatic carbocycles. The van der Waals surface area contributed by atoms with E-state index in [4.69, 9.17) is 9.15 Å². The Morgan fingerprint density at radius 2 is 2.25 bits per heavy atom. The van der Waals surface area contributed by atoms with E-state index >= 15 is 0 Å². The molecular weight excluding hydrogens is 256 g/mol. The summed E-state index contributed by atoms with van der Waals surface area (Å²) >= 11 is 0. The number of nitrogens with zero attached hydrogens (tertiary/aromatic N) is 4. The maximum Gasteiger partial charge on any atom is 0.125 e. The lowest BCUT2D eigenvalue weighted by atomic mass is 10.2. The molecule has 0 radical (unpaired) electrons. The number of furan rings is 1. The molecule has 1 fully saturated rings. The zero-order valence-electron chi connectivity index (χ0n) is 12.0. The Morgan fingerprint density at radius 1 is 1.35 bits per heavy atom. The largest absolute Gasteiger partial charge is 0.464 e. The van der Waals surface area contributed by atoms with E-state index in [1.807, 2.05) is 29.9 Å². The van der Waals surface area contributed by atoms with Crippen molar-refractivity contribution in [2.75, 3.05) is 19.8 Å². The van der Waals surface area contributed by atoms with Crippen LogP contribution in [0.15, 0.2) is 22.7 Å². The van der Waals surface area contributed by atoms with E-state index < -0.39 is 0 Å². The Morgan fingerprint density at radius 3 is 3.00 bits per heavy atom. The van der Waals surface area contributed by atoms with Crippen molar-refractivity contribution in [2.45, 2.75) is 33.0 Å². The van der Waals surface area contributed by atoms with Crippen molar-refractivity contribution in [2.24, 2.45) is 0 Å². The third kappa shape index (κ3) is 3.08. The summed E-state index contributed by atoms with van der Waals surface area (Å²) in [5.74, 6) is 1.82. The number of aromatic nitrogens is 3. The predicted octanol–water partition coefficient (Wildman–Crippen LogP) is 1.45. The summed E-state index contributed by atoms with van der Waals surface area (Å²) in [6, 6.07) is 4.37. The van der Waals surface area contributed by atoms with Gasteiger partial charge in [0.15, 0.2) is 0 Å². The molecule has 108 valence electrons. The molecule has 0 spiro atoms. The van der Waals surface area contributed by atoms with Crippen LogP contribution in [0.1, 0.15) is 24.1 Å². The average molecular weight is 276 g/mol. The first-order chi connectivity index (χ1) is 9.70. The van der Waals surface area contributed by atoms with Crippen molar-refractivity contribution in [1.82, 2.24) is 19.9 Å². The first-order valence-corrected chi connectivity index (χ1v) is 6.97. The Hall–Kier alpha value is -1.66. The van der Waals surface area contributed by atoms with Gasteiger partial charge in [-0.1, -0.05) is 5.21 Å². The third-order valence-corrected chi connectivity index (χ3v) is 3.57. The van der Waals surface area contributed by atoms with Gasteiger partial charge < -0.3 is 9.15 Å². The smallest absolute Gasteiger partial charge is 0.125 e. The fourth-order valence-corrected chi connectivity index (χ4v) is 2.42. The maximum atomic E-state index is 5.55. The van der Waals surface area contributed by atoms with Gasteiger partial charge in [-0.3, -0.25) is 4.90 Å². The normalized spacial score (nSPS) is 20.4. The summed E-state index contributed by atoms with van der Waals surface area (Å²) in [5.41, 5.74) is 0.988. The molecule has 2 aromatic heterocycles. The second-order valence-electron chi connectivity index (χ2n) is 5.31. The Balaban J connectivity index is 1.61. The minimum Gasteiger partial charge on any atom is -0.464 e. The van der Waals surface area contributed by atoms with Crippen molar-refractivity contribution >= 4 is 0 Å². The molecule has 0 aromatic carbocycles. The Labute approximate surface area is 118 Å². The fourth-order valence-electron chi connectivity index (χ4n) is 2.42. The van der Waals surface area contributed by atoms with E-state index in [2.05, 4.69) is 22.1 Å². The molecule has 20 heavy (non-hydrogen) atoms. The predicted molar refractivity (Wildman–Crippen MR) is 73.3 cm³/mol. The summed E-state index contributed by atoms with van der Waals surface area (Å²) < 4.78 is 12.8. The molecule has 3 heterocycles. The number of morpholine rings is 1. The zero-order chi connectivity index (χ0) is 13.9. The highest BCUT2D eigenvalue weighted by Gasteiger charge is 2.19. The van der Waals surface area contributed by atoms with E-state index in [9.17, 15) is 0 Å². The Kier molecular flexibility index (Phi) is 3.84. The van der Waals surface area contributed by atoms with Gasteiger partial charge in [-0.05, 0) is 26.0 Å². The maximum absolute atomic E-state index is 5.55. The van der Waals surface area contributed by atoms with Gasteiger partial charge in [-0.25, -0.2) is 4.68 Å². The lowest BCUT2D eigenvalue weighted by Gasteiger charge is -2.32. The molecule has 0 unspecified atom stereocenters. The van der Waals surface area contributed by atoms with Crippen LogP contribution in [0.5, 0.6) is 0 Å². The molecule has 6 nitrogen and oxygen atoms in total. The lowest BCUT2D eigenvalue weighted by Crippen LogP contribution is -2.42. The van der Waals surface area contributed by atoms with Crippen LogP contribution in [0.25, 0.3) is 0 Å². The second kappa shape index (κ2) is 5.76. The summed E-state index contributed by atoms with van der Waals surface area (Å²) in [6.45, 7) is 8.10. The molecule has 0 amide bonds. The van der Waals surface area contributed by atoms with Crippen LogP contribution < -0.4 is 0 Å². The van der Waals surface area contributed by atoms with Gasteiger partial charge in [0.25, 0.3) is 0 Å². The van der Waals surface area contributed by atoms with E-state index in [-0.39, 0.29) is 0 Å². The van der Waals surface area contributed by atoms with Crippen LogP contribution in [0.4, 0.5) is 0 Å². The molecule has 2 aromatic rings. The van der Waals surface area contributed by atoms with E-state index in [1.165, 1.54) is 0 Å². The SMILES string of the molecule is Cc1ccc(Cn2cc(CN3CCOC[C@H]3C)nn2)o1. The van der Waals surface area contributed by atoms with Crippen molar-refractivity contribution in [3.05, 3.63) is 35.5 Å². The van der Waals surface area contributed by atoms with Crippen LogP contribution >= 0.6 is 0 Å². The van der Waals surface area contributed by atoms with Gasteiger partial charge in [0.2, 0.25) is 0 Å². The van der Waals surface area contributed by atoms with Crippen LogP contribution in [-0.4, -0.2) is 45.7 Å². The minimum absolute atomic E-state index is 0.432. The lowest BCUT2D eigenvalue weighted by molar-refractivity contribution is -0.00492. The molecule has 1 atom stereocenters. The van der Waals surface area contributed by atoms with Crippen molar-refractivity contribution in [1.29, 1.82) is 0 Å². The van der Waals surface area contributed by atoms with Gasteiger partial charge in [-0.15, -0.1) is 5.10 Å². The van der Waals surface area contributed by atoms with Gasteiger partial charge in [0, 0.05) is 19.1 Å². The number of hydrogen-bond donors (Lipinski definition) is 0. The fraction of sp³-hybridized carbons (Fsp3) is 0.571. The Bertz CT molecular complexity index is 563. The highest BCUT2D eigenvalue weighted by atomic mass is 16.5. The molecule has 0 bridgehead atoms. The third-order valence-electron chi connectivity index (χ3n) is 3.57. The van der Waals surface area contributed by atoms with Crippen LogP contribution in [0.3, 0.4) is 0 Å². The molecule has 3 rings (SSSR count). The monoisotopic (exact) mass is 276 g/mol.